The molecule has 1 aromatic carbocycles. The molecule has 1 aromatic heterocycles. The largest absolute Gasteiger partial charge is 0.481 e. The third-order valence-corrected chi connectivity index (χ3v) is 2.92. The molecule has 0 fully saturated rings. The summed E-state index contributed by atoms with van der Waals surface area (Å²) in [4.78, 5) is 27.8. The average molecular weight is 317 g/mol. The Morgan fingerprint density at radius 3 is 2.48 bits per heavy atom. The lowest BCUT2D eigenvalue weighted by molar-refractivity contribution is -0.128. The number of nitrogens with zero attached hydrogens (tertiary/aromatic N) is 1. The van der Waals surface area contributed by atoms with Gasteiger partial charge in [-0.25, -0.2) is 9.37 Å². The van der Waals surface area contributed by atoms with Gasteiger partial charge in [-0.2, -0.15) is 0 Å². The number of halogens is 1. The number of aromatic nitrogens is 1. The number of pyridine rings is 1. The van der Waals surface area contributed by atoms with Crippen molar-refractivity contribution in [2.75, 3.05) is 0 Å². The number of ether oxygens (including phenoxy) is 1. The van der Waals surface area contributed by atoms with Gasteiger partial charge in [0.15, 0.2) is 6.10 Å². The van der Waals surface area contributed by atoms with Gasteiger partial charge in [-0.05, 0) is 50.2 Å². The molecule has 0 aliphatic carbocycles. The molecule has 0 bridgehead atoms. The molecule has 1 heterocycles. The minimum Gasteiger partial charge on any atom is -0.481 e. The van der Waals surface area contributed by atoms with Crippen molar-refractivity contribution in [2.24, 2.45) is 0 Å². The van der Waals surface area contributed by atoms with E-state index in [9.17, 15) is 14.0 Å². The number of hydrogen-bond donors (Lipinski definition) is 2. The predicted molar refractivity (Wildman–Crippen MR) is 81.1 cm³/mol. The minimum absolute atomic E-state index is 0.192. The molecule has 120 valence electrons. The van der Waals surface area contributed by atoms with Crippen molar-refractivity contribution in [1.29, 1.82) is 0 Å². The van der Waals surface area contributed by atoms with E-state index in [4.69, 9.17) is 4.74 Å². The molecule has 2 amide bonds. The Bertz CT molecular complexity index is 704. The molecule has 2 aromatic rings. The van der Waals surface area contributed by atoms with Crippen LogP contribution in [0.25, 0.3) is 0 Å². The molecule has 0 saturated heterocycles. The Labute approximate surface area is 132 Å². The van der Waals surface area contributed by atoms with Crippen molar-refractivity contribution in [3.63, 3.8) is 0 Å². The number of carbonyl (C=O) groups excluding carboxylic acids is 2. The summed E-state index contributed by atoms with van der Waals surface area (Å²) in [5.41, 5.74) is 5.40. The number of benzene rings is 1. The summed E-state index contributed by atoms with van der Waals surface area (Å²) in [5.74, 6) is -1.13. The van der Waals surface area contributed by atoms with E-state index in [0.717, 1.165) is 0 Å². The number of hydrazine groups is 1. The van der Waals surface area contributed by atoms with Gasteiger partial charge in [-0.3, -0.25) is 20.4 Å². The maximum atomic E-state index is 12.8. The number of nitrogens with one attached hydrogen (secondary N) is 2. The molecule has 1 unspecified atom stereocenters. The van der Waals surface area contributed by atoms with Crippen molar-refractivity contribution in [1.82, 2.24) is 15.8 Å². The second-order valence-corrected chi connectivity index (χ2v) is 4.82. The van der Waals surface area contributed by atoms with Crippen LogP contribution in [0.5, 0.6) is 5.75 Å². The molecule has 23 heavy (non-hydrogen) atoms. The first kappa shape index (κ1) is 16.4. The first-order chi connectivity index (χ1) is 11.0. The van der Waals surface area contributed by atoms with Crippen LogP contribution in [0.2, 0.25) is 0 Å². The van der Waals surface area contributed by atoms with Gasteiger partial charge in [-0.1, -0.05) is 6.07 Å². The van der Waals surface area contributed by atoms with Crippen molar-refractivity contribution in [3.05, 3.63) is 59.7 Å². The van der Waals surface area contributed by atoms with Gasteiger partial charge in [-0.15, -0.1) is 0 Å². The SMILES string of the molecule is Cc1cccc(C(=O)NNC(=O)C(C)Oc2ccc(F)cc2)n1. The lowest BCUT2D eigenvalue weighted by Crippen LogP contribution is -2.47. The van der Waals surface area contributed by atoms with Crippen LogP contribution in [0.15, 0.2) is 42.5 Å². The molecule has 0 saturated carbocycles. The van der Waals surface area contributed by atoms with Crippen LogP contribution in [0.3, 0.4) is 0 Å². The normalized spacial score (nSPS) is 11.4. The predicted octanol–water partition coefficient (Wildman–Crippen LogP) is 1.76. The third-order valence-electron chi connectivity index (χ3n) is 2.92. The van der Waals surface area contributed by atoms with Crippen molar-refractivity contribution in [3.8, 4) is 5.75 Å². The molecule has 1 atom stereocenters. The zero-order chi connectivity index (χ0) is 16.8. The topological polar surface area (TPSA) is 80.3 Å². The van der Waals surface area contributed by atoms with Gasteiger partial charge in [0.2, 0.25) is 0 Å². The van der Waals surface area contributed by atoms with Gasteiger partial charge in [0, 0.05) is 5.69 Å². The molecular weight excluding hydrogens is 301 g/mol. The Kier molecular flexibility index (Phi) is 5.24. The zero-order valence-corrected chi connectivity index (χ0v) is 12.7. The smallest absolute Gasteiger partial charge is 0.288 e. The maximum Gasteiger partial charge on any atom is 0.288 e. The van der Waals surface area contributed by atoms with Gasteiger partial charge in [0.05, 0.1) is 0 Å². The number of hydrogen-bond acceptors (Lipinski definition) is 4. The summed E-state index contributed by atoms with van der Waals surface area (Å²) in [7, 11) is 0. The van der Waals surface area contributed by atoms with Crippen LogP contribution < -0.4 is 15.6 Å². The molecule has 6 nitrogen and oxygen atoms in total. The molecule has 0 aliphatic rings. The van der Waals surface area contributed by atoms with E-state index >= 15 is 0 Å². The standard InChI is InChI=1S/C16H16FN3O3/c1-10-4-3-5-14(18-10)16(22)20-19-15(21)11(2)23-13-8-6-12(17)7-9-13/h3-9,11H,1-2H3,(H,19,21)(H,20,22). The van der Waals surface area contributed by atoms with E-state index in [1.165, 1.54) is 37.3 Å². The summed E-state index contributed by atoms with van der Waals surface area (Å²) in [6.07, 6.45) is -0.869. The van der Waals surface area contributed by atoms with Gasteiger partial charge in [0.25, 0.3) is 11.8 Å². The average Bonchev–Trinajstić information content (AvgIpc) is 2.54. The zero-order valence-electron chi connectivity index (χ0n) is 12.7. The molecule has 2 rings (SSSR count). The first-order valence-corrected chi connectivity index (χ1v) is 6.92. The van der Waals surface area contributed by atoms with Crippen molar-refractivity contribution >= 4 is 11.8 Å². The van der Waals surface area contributed by atoms with Gasteiger partial charge in [0.1, 0.15) is 17.3 Å². The fourth-order valence-corrected chi connectivity index (χ4v) is 1.72. The molecule has 2 N–H and O–H groups in total. The highest BCUT2D eigenvalue weighted by atomic mass is 19.1. The third kappa shape index (κ3) is 4.77. The Morgan fingerprint density at radius 2 is 1.83 bits per heavy atom. The number of amides is 2. The molecule has 0 aliphatic heterocycles. The Morgan fingerprint density at radius 1 is 1.13 bits per heavy atom. The van der Waals surface area contributed by atoms with Gasteiger partial charge >= 0.3 is 0 Å². The number of rotatable bonds is 4. The second kappa shape index (κ2) is 7.35. The van der Waals surface area contributed by atoms with Crippen LogP contribution in [0.1, 0.15) is 23.1 Å². The van der Waals surface area contributed by atoms with E-state index in [-0.39, 0.29) is 5.69 Å². The van der Waals surface area contributed by atoms with Crippen LogP contribution in [-0.2, 0) is 4.79 Å². The number of aryl methyl sites for hydroxylation is 1. The molecule has 0 radical (unpaired) electrons. The van der Waals surface area contributed by atoms with E-state index < -0.39 is 23.7 Å². The van der Waals surface area contributed by atoms with Crippen LogP contribution >= 0.6 is 0 Å². The fraction of sp³-hybridized carbons (Fsp3) is 0.188. The molecule has 0 spiro atoms. The van der Waals surface area contributed by atoms with E-state index in [2.05, 4.69) is 15.8 Å². The van der Waals surface area contributed by atoms with E-state index in [1.807, 2.05) is 0 Å². The lowest BCUT2D eigenvalue weighted by atomic mass is 10.3. The van der Waals surface area contributed by atoms with Crippen molar-refractivity contribution < 1.29 is 18.7 Å². The highest BCUT2D eigenvalue weighted by Gasteiger charge is 2.16. The lowest BCUT2D eigenvalue weighted by Gasteiger charge is -2.15. The quantitative estimate of drug-likeness (QED) is 0.842. The van der Waals surface area contributed by atoms with Crippen LogP contribution in [0.4, 0.5) is 4.39 Å². The van der Waals surface area contributed by atoms with Gasteiger partial charge < -0.3 is 4.74 Å². The highest BCUT2D eigenvalue weighted by molar-refractivity contribution is 5.94. The summed E-state index contributed by atoms with van der Waals surface area (Å²) < 4.78 is 18.1. The molecule has 7 heteroatoms. The monoisotopic (exact) mass is 317 g/mol. The Balaban J connectivity index is 1.86. The fourth-order valence-electron chi connectivity index (χ4n) is 1.72. The summed E-state index contributed by atoms with van der Waals surface area (Å²) in [6, 6.07) is 10.3. The van der Waals surface area contributed by atoms with Crippen LogP contribution in [0, 0.1) is 12.7 Å². The first-order valence-electron chi connectivity index (χ1n) is 6.92. The highest BCUT2D eigenvalue weighted by Crippen LogP contribution is 2.12. The second-order valence-electron chi connectivity index (χ2n) is 4.82. The van der Waals surface area contributed by atoms with E-state index in [1.54, 1.807) is 19.1 Å². The molecular formula is C16H16FN3O3. The minimum atomic E-state index is -0.869. The summed E-state index contributed by atoms with van der Waals surface area (Å²) in [6.45, 7) is 3.27. The summed E-state index contributed by atoms with van der Waals surface area (Å²) in [5, 5.41) is 0. The van der Waals surface area contributed by atoms with Crippen molar-refractivity contribution in [2.45, 2.75) is 20.0 Å². The van der Waals surface area contributed by atoms with E-state index in [0.29, 0.717) is 11.4 Å². The van der Waals surface area contributed by atoms with Crippen LogP contribution in [-0.4, -0.2) is 22.9 Å². The Hall–Kier alpha value is -2.96. The number of carbonyl (C=O) groups is 2. The maximum absolute atomic E-state index is 12.8. The summed E-state index contributed by atoms with van der Waals surface area (Å²) >= 11 is 0.